The lowest BCUT2D eigenvalue weighted by Gasteiger charge is -2.13. The first-order valence-electron chi connectivity index (χ1n) is 5.54. The molecule has 0 aliphatic heterocycles. The highest BCUT2D eigenvalue weighted by molar-refractivity contribution is 6.31. The van der Waals surface area contributed by atoms with Crippen molar-refractivity contribution in [1.29, 1.82) is 5.26 Å². The van der Waals surface area contributed by atoms with Crippen LogP contribution < -0.4 is 10.3 Å². The van der Waals surface area contributed by atoms with Crippen molar-refractivity contribution in [2.45, 2.75) is 6.92 Å². The Kier molecular flexibility index (Phi) is 3.59. The highest BCUT2D eigenvalue weighted by Gasteiger charge is 2.11. The summed E-state index contributed by atoms with van der Waals surface area (Å²) in [5.41, 5.74) is 1.08. The third-order valence-corrected chi connectivity index (χ3v) is 3.19. The van der Waals surface area contributed by atoms with E-state index < -0.39 is 0 Å². The molecule has 1 aromatic heterocycles. The van der Waals surface area contributed by atoms with Crippen LogP contribution in [0, 0.1) is 18.3 Å². The zero-order valence-electron chi connectivity index (χ0n) is 10.5. The molecule has 0 atom stereocenters. The SMILES string of the molecule is COc1cc(Cl)c(C)cc1-n1cccc(C#N)c1=O. The van der Waals surface area contributed by atoms with E-state index in [1.165, 1.54) is 17.7 Å². The molecule has 0 N–H and O–H groups in total. The maximum absolute atomic E-state index is 12.1. The normalized spacial score (nSPS) is 10.0. The van der Waals surface area contributed by atoms with Crippen LogP contribution in [0.5, 0.6) is 5.75 Å². The zero-order chi connectivity index (χ0) is 14.0. The topological polar surface area (TPSA) is 55.0 Å². The maximum Gasteiger partial charge on any atom is 0.273 e. The van der Waals surface area contributed by atoms with E-state index in [4.69, 9.17) is 21.6 Å². The first-order valence-corrected chi connectivity index (χ1v) is 5.92. The van der Waals surface area contributed by atoms with E-state index in [0.717, 1.165) is 5.56 Å². The number of nitriles is 1. The number of benzene rings is 1. The molecule has 1 heterocycles. The highest BCUT2D eigenvalue weighted by Crippen LogP contribution is 2.28. The van der Waals surface area contributed by atoms with E-state index in [0.29, 0.717) is 16.5 Å². The van der Waals surface area contributed by atoms with Gasteiger partial charge in [0.1, 0.15) is 17.4 Å². The summed E-state index contributed by atoms with van der Waals surface area (Å²) < 4.78 is 6.61. The van der Waals surface area contributed by atoms with Crippen LogP contribution in [0.15, 0.2) is 35.3 Å². The second-order valence-corrected chi connectivity index (χ2v) is 4.39. The number of pyridine rings is 1. The van der Waals surface area contributed by atoms with E-state index in [1.54, 1.807) is 24.4 Å². The largest absolute Gasteiger partial charge is 0.495 e. The van der Waals surface area contributed by atoms with Gasteiger partial charge in [-0.25, -0.2) is 0 Å². The molecule has 19 heavy (non-hydrogen) atoms. The van der Waals surface area contributed by atoms with Crippen molar-refractivity contribution < 1.29 is 4.74 Å². The van der Waals surface area contributed by atoms with Gasteiger partial charge >= 0.3 is 0 Å². The molecule has 0 aliphatic rings. The van der Waals surface area contributed by atoms with Crippen molar-refractivity contribution >= 4 is 11.6 Å². The number of ether oxygens (including phenoxy) is 1. The minimum atomic E-state index is -0.384. The van der Waals surface area contributed by atoms with Crippen LogP contribution in [0.25, 0.3) is 5.69 Å². The molecule has 0 radical (unpaired) electrons. The van der Waals surface area contributed by atoms with Crippen LogP contribution >= 0.6 is 11.6 Å². The van der Waals surface area contributed by atoms with Crippen molar-refractivity contribution in [3.63, 3.8) is 0 Å². The third kappa shape index (κ3) is 2.33. The van der Waals surface area contributed by atoms with Gasteiger partial charge in [-0.1, -0.05) is 11.6 Å². The maximum atomic E-state index is 12.1. The fourth-order valence-corrected chi connectivity index (χ4v) is 1.92. The number of nitrogens with zero attached hydrogens (tertiary/aromatic N) is 2. The average Bonchev–Trinajstić information content (AvgIpc) is 2.42. The van der Waals surface area contributed by atoms with E-state index in [1.807, 2.05) is 13.0 Å². The van der Waals surface area contributed by atoms with Crippen LogP contribution in [0.4, 0.5) is 0 Å². The van der Waals surface area contributed by atoms with Crippen molar-refractivity contribution in [2.75, 3.05) is 7.11 Å². The lowest BCUT2D eigenvalue weighted by molar-refractivity contribution is 0.412. The fraction of sp³-hybridized carbons (Fsp3) is 0.143. The number of hydrogen-bond acceptors (Lipinski definition) is 3. The van der Waals surface area contributed by atoms with Gasteiger partial charge in [0.15, 0.2) is 0 Å². The summed E-state index contributed by atoms with van der Waals surface area (Å²) in [4.78, 5) is 12.1. The van der Waals surface area contributed by atoms with E-state index in [-0.39, 0.29) is 11.1 Å². The summed E-state index contributed by atoms with van der Waals surface area (Å²) in [6.45, 7) is 1.84. The smallest absolute Gasteiger partial charge is 0.273 e. The van der Waals surface area contributed by atoms with Gasteiger partial charge in [-0.2, -0.15) is 5.26 Å². The molecule has 0 saturated heterocycles. The predicted octanol–water partition coefficient (Wildman–Crippen LogP) is 2.68. The second kappa shape index (κ2) is 5.17. The monoisotopic (exact) mass is 274 g/mol. The Morgan fingerprint density at radius 1 is 1.42 bits per heavy atom. The Hall–Kier alpha value is -2.25. The molecule has 0 unspecified atom stereocenters. The van der Waals surface area contributed by atoms with Crippen LogP contribution in [-0.4, -0.2) is 11.7 Å². The third-order valence-electron chi connectivity index (χ3n) is 2.79. The molecule has 2 rings (SSSR count). The van der Waals surface area contributed by atoms with Crippen LogP contribution in [0.3, 0.4) is 0 Å². The van der Waals surface area contributed by atoms with Crippen LogP contribution in [0.1, 0.15) is 11.1 Å². The van der Waals surface area contributed by atoms with Gasteiger partial charge in [0.25, 0.3) is 5.56 Å². The van der Waals surface area contributed by atoms with E-state index in [9.17, 15) is 4.79 Å². The first-order chi connectivity index (χ1) is 9.08. The molecule has 2 aromatic rings. The van der Waals surface area contributed by atoms with Crippen LogP contribution in [-0.2, 0) is 0 Å². The van der Waals surface area contributed by atoms with Crippen LogP contribution in [0.2, 0.25) is 5.02 Å². The van der Waals surface area contributed by atoms with Gasteiger partial charge in [0.2, 0.25) is 0 Å². The summed E-state index contributed by atoms with van der Waals surface area (Å²) in [5.74, 6) is 0.479. The summed E-state index contributed by atoms with van der Waals surface area (Å²) in [6, 6.07) is 8.40. The predicted molar refractivity (Wildman–Crippen MR) is 73.1 cm³/mol. The Morgan fingerprint density at radius 3 is 2.79 bits per heavy atom. The van der Waals surface area contributed by atoms with Gasteiger partial charge in [-0.05, 0) is 30.7 Å². The molecular formula is C14H11ClN2O2. The standard InChI is InChI=1S/C14H11ClN2O2/c1-9-6-12(13(19-2)7-11(9)15)17-5-3-4-10(8-16)14(17)18/h3-7H,1-2H3. The Morgan fingerprint density at radius 2 is 2.16 bits per heavy atom. The van der Waals surface area contributed by atoms with Crippen molar-refractivity contribution in [3.8, 4) is 17.5 Å². The minimum absolute atomic E-state index is 0.0807. The highest BCUT2D eigenvalue weighted by atomic mass is 35.5. The Balaban J connectivity index is 2.76. The Bertz CT molecular complexity index is 729. The lowest BCUT2D eigenvalue weighted by atomic mass is 10.2. The molecule has 0 amide bonds. The zero-order valence-corrected chi connectivity index (χ0v) is 11.2. The second-order valence-electron chi connectivity index (χ2n) is 3.98. The number of rotatable bonds is 2. The number of hydrogen-bond donors (Lipinski definition) is 0. The lowest BCUT2D eigenvalue weighted by Crippen LogP contribution is -2.20. The molecule has 0 spiro atoms. The summed E-state index contributed by atoms with van der Waals surface area (Å²) >= 11 is 6.03. The minimum Gasteiger partial charge on any atom is -0.495 e. The van der Waals surface area contributed by atoms with Gasteiger partial charge in [-0.15, -0.1) is 0 Å². The molecule has 0 aliphatic carbocycles. The molecule has 4 nitrogen and oxygen atoms in total. The number of methoxy groups -OCH3 is 1. The molecule has 5 heteroatoms. The average molecular weight is 275 g/mol. The number of halogens is 1. The number of aromatic nitrogens is 1. The van der Waals surface area contributed by atoms with Crippen molar-refractivity contribution in [3.05, 3.63) is 57.0 Å². The molecular weight excluding hydrogens is 264 g/mol. The number of aryl methyl sites for hydroxylation is 1. The molecule has 0 saturated carbocycles. The van der Waals surface area contributed by atoms with Gasteiger partial charge in [0.05, 0.1) is 12.8 Å². The van der Waals surface area contributed by atoms with Gasteiger partial charge < -0.3 is 4.74 Å². The molecule has 0 fully saturated rings. The van der Waals surface area contributed by atoms with Crippen molar-refractivity contribution in [1.82, 2.24) is 4.57 Å². The Labute approximate surface area is 115 Å². The summed E-state index contributed by atoms with van der Waals surface area (Å²) in [5, 5.41) is 9.46. The molecule has 0 bridgehead atoms. The fourth-order valence-electron chi connectivity index (χ4n) is 1.77. The first kappa shape index (κ1) is 13.2. The summed E-state index contributed by atoms with van der Waals surface area (Å²) in [7, 11) is 1.50. The quantitative estimate of drug-likeness (QED) is 0.846. The van der Waals surface area contributed by atoms with Crippen molar-refractivity contribution in [2.24, 2.45) is 0 Å². The summed E-state index contributed by atoms with van der Waals surface area (Å²) in [6.07, 6.45) is 1.59. The molecule has 1 aromatic carbocycles. The molecule has 96 valence electrons. The van der Waals surface area contributed by atoms with Gasteiger partial charge in [0, 0.05) is 17.3 Å². The van der Waals surface area contributed by atoms with E-state index >= 15 is 0 Å². The van der Waals surface area contributed by atoms with E-state index in [2.05, 4.69) is 0 Å². The van der Waals surface area contributed by atoms with Gasteiger partial charge in [-0.3, -0.25) is 9.36 Å².